The number of benzene rings is 1. The van der Waals surface area contributed by atoms with Crippen molar-refractivity contribution in [3.63, 3.8) is 0 Å². The van der Waals surface area contributed by atoms with Crippen LogP contribution in [0.15, 0.2) is 48.8 Å². The van der Waals surface area contributed by atoms with Gasteiger partial charge in [0, 0.05) is 0 Å². The lowest BCUT2D eigenvalue weighted by Crippen LogP contribution is -2.41. The second kappa shape index (κ2) is 10.8. The third-order valence-electron chi connectivity index (χ3n) is 5.80. The second-order valence-corrected chi connectivity index (χ2v) is 10.3. The predicted molar refractivity (Wildman–Crippen MR) is 128 cm³/mol. The molecule has 0 spiro atoms. The molecule has 0 saturated carbocycles. The number of hydrogen-bond acceptors (Lipinski definition) is 12. The van der Waals surface area contributed by atoms with Gasteiger partial charge in [-0.2, -0.15) is 10.4 Å². The molecule has 1 saturated heterocycles. The highest BCUT2D eigenvalue weighted by Gasteiger charge is 2.58. The van der Waals surface area contributed by atoms with E-state index in [1.165, 1.54) is 16.9 Å². The molecule has 14 heteroatoms. The molecule has 3 aromatic rings. The fraction of sp³-hybridized carbons (Fsp3) is 0.391. The maximum absolute atomic E-state index is 13.6. The number of nitrogens with two attached hydrogens (primary N) is 1. The van der Waals surface area contributed by atoms with Crippen molar-refractivity contribution in [3.8, 4) is 11.8 Å². The lowest BCUT2D eigenvalue weighted by Gasteiger charge is -2.24. The van der Waals surface area contributed by atoms with E-state index in [0.717, 1.165) is 0 Å². The van der Waals surface area contributed by atoms with E-state index in [0.29, 0.717) is 5.52 Å². The van der Waals surface area contributed by atoms with Crippen molar-refractivity contribution in [2.45, 2.75) is 37.3 Å². The van der Waals surface area contributed by atoms with Gasteiger partial charge < -0.3 is 29.9 Å². The standard InChI is InChI=1S/C23H26N5O8P/c1-2-33-19(29)10-11-37(32,36-15-6-4-3-5-7-15)34-12-17-20(30)21(31)23(13-24,35-17)18-9-8-16-22(25)26-14-27-28(16)18/h3-9,14,17,20-21,30-31H,2,10-12H2,1H3,(H2,25,26,27)/t17-,20-,21-,23+,37?/m1/s1. The number of aliphatic hydroxyl groups is 2. The molecule has 13 nitrogen and oxygen atoms in total. The van der Waals surface area contributed by atoms with E-state index in [-0.39, 0.29) is 36.5 Å². The van der Waals surface area contributed by atoms with Crippen molar-refractivity contribution < 1.29 is 38.1 Å². The van der Waals surface area contributed by atoms with E-state index in [1.807, 2.05) is 6.07 Å². The van der Waals surface area contributed by atoms with Gasteiger partial charge in [-0.1, -0.05) is 18.2 Å². The zero-order valence-electron chi connectivity index (χ0n) is 19.8. The Morgan fingerprint density at radius 1 is 1.30 bits per heavy atom. The Bertz CT molecular complexity index is 1350. The molecule has 0 bridgehead atoms. The Labute approximate surface area is 211 Å². The molecule has 2 aromatic heterocycles. The highest BCUT2D eigenvalue weighted by Crippen LogP contribution is 2.50. The van der Waals surface area contributed by atoms with Crippen LogP contribution in [-0.2, 0) is 29.0 Å². The predicted octanol–water partition coefficient (Wildman–Crippen LogP) is 1.39. The van der Waals surface area contributed by atoms with Crippen molar-refractivity contribution in [3.05, 3.63) is 54.5 Å². The van der Waals surface area contributed by atoms with Crippen LogP contribution >= 0.6 is 7.60 Å². The zero-order valence-corrected chi connectivity index (χ0v) is 20.7. The molecule has 1 fully saturated rings. The lowest BCUT2D eigenvalue weighted by molar-refractivity contribution is -0.142. The SMILES string of the molecule is CCOC(=O)CCP(=O)(OC[C@H]1O[C@@](C#N)(c2ccc3c(N)ncnn23)[C@H](O)[C@@H]1O)Oc1ccccc1. The lowest BCUT2D eigenvalue weighted by atomic mass is 9.92. The number of carbonyl (C=O) groups excluding carboxylic acids is 1. The van der Waals surface area contributed by atoms with E-state index in [9.17, 15) is 24.8 Å². The van der Waals surface area contributed by atoms with E-state index in [1.54, 1.807) is 43.3 Å². The minimum Gasteiger partial charge on any atom is -0.466 e. The Morgan fingerprint density at radius 3 is 2.76 bits per heavy atom. The van der Waals surface area contributed by atoms with Gasteiger partial charge in [-0.3, -0.25) is 9.32 Å². The molecule has 4 N–H and O–H groups in total. The number of nitrogens with zero attached hydrogens (tertiary/aromatic N) is 4. The van der Waals surface area contributed by atoms with Crippen molar-refractivity contribution >= 4 is 24.9 Å². The zero-order chi connectivity index (χ0) is 26.6. The van der Waals surface area contributed by atoms with E-state index in [4.69, 9.17) is 24.3 Å². The molecule has 5 atom stereocenters. The first kappa shape index (κ1) is 26.5. The Kier molecular flexibility index (Phi) is 7.77. The summed E-state index contributed by atoms with van der Waals surface area (Å²) in [6, 6.07) is 13.2. The number of para-hydroxylation sites is 1. The van der Waals surface area contributed by atoms with Gasteiger partial charge in [0.25, 0.3) is 0 Å². The quantitative estimate of drug-likeness (QED) is 0.252. The number of esters is 1. The van der Waals surface area contributed by atoms with Crippen LogP contribution in [0, 0.1) is 11.3 Å². The summed E-state index contributed by atoms with van der Waals surface area (Å²) in [5.41, 5.74) is 4.30. The summed E-state index contributed by atoms with van der Waals surface area (Å²) in [5.74, 6) is -0.200. The van der Waals surface area contributed by atoms with E-state index in [2.05, 4.69) is 10.1 Å². The molecule has 1 unspecified atom stereocenters. The minimum absolute atomic E-state index is 0.110. The molecule has 1 aromatic carbocycles. The van der Waals surface area contributed by atoms with Gasteiger partial charge in [0.05, 0.1) is 31.5 Å². The largest absolute Gasteiger partial charge is 0.466 e. The molecule has 0 amide bonds. The number of hydrogen-bond donors (Lipinski definition) is 3. The summed E-state index contributed by atoms with van der Waals surface area (Å²) < 4.78 is 36.8. The number of nitriles is 1. The van der Waals surface area contributed by atoms with Gasteiger partial charge >= 0.3 is 13.6 Å². The van der Waals surface area contributed by atoms with Crippen LogP contribution in [0.3, 0.4) is 0 Å². The molecule has 1 aliphatic rings. The molecule has 196 valence electrons. The maximum atomic E-state index is 13.6. The number of anilines is 1. The summed E-state index contributed by atoms with van der Waals surface area (Å²) in [5, 5.41) is 35.7. The molecule has 0 radical (unpaired) electrons. The van der Waals surface area contributed by atoms with Crippen LogP contribution in [0.25, 0.3) is 5.52 Å². The molecule has 1 aliphatic heterocycles. The van der Waals surface area contributed by atoms with Crippen molar-refractivity contribution in [2.75, 3.05) is 25.1 Å². The van der Waals surface area contributed by atoms with Crippen LogP contribution < -0.4 is 10.3 Å². The average Bonchev–Trinajstić information content (AvgIpc) is 3.43. The number of nitrogen functional groups attached to an aromatic ring is 1. The smallest absolute Gasteiger partial charge is 0.379 e. The summed E-state index contributed by atoms with van der Waals surface area (Å²) in [7, 11) is -3.97. The second-order valence-electron chi connectivity index (χ2n) is 8.19. The first-order valence-corrected chi connectivity index (χ1v) is 13.1. The normalized spacial score (nSPS) is 24.9. The summed E-state index contributed by atoms with van der Waals surface area (Å²) >= 11 is 0. The van der Waals surface area contributed by atoms with Crippen LogP contribution in [0.4, 0.5) is 5.82 Å². The van der Waals surface area contributed by atoms with E-state index < -0.39 is 44.1 Å². The van der Waals surface area contributed by atoms with Crippen LogP contribution in [0.5, 0.6) is 5.75 Å². The highest BCUT2D eigenvalue weighted by atomic mass is 31.2. The van der Waals surface area contributed by atoms with Crippen molar-refractivity contribution in [1.82, 2.24) is 14.6 Å². The molecular weight excluding hydrogens is 505 g/mol. The van der Waals surface area contributed by atoms with Crippen molar-refractivity contribution in [1.29, 1.82) is 5.26 Å². The van der Waals surface area contributed by atoms with Gasteiger partial charge in [-0.25, -0.2) is 14.1 Å². The molecular formula is C23H26N5O8P. The van der Waals surface area contributed by atoms with Gasteiger partial charge in [-0.15, -0.1) is 0 Å². The van der Waals surface area contributed by atoms with Gasteiger partial charge in [0.15, 0.2) is 5.82 Å². The Balaban J connectivity index is 1.56. The summed E-state index contributed by atoms with van der Waals surface area (Å²) in [4.78, 5) is 15.8. The van der Waals surface area contributed by atoms with Crippen LogP contribution in [0.2, 0.25) is 0 Å². The summed E-state index contributed by atoms with van der Waals surface area (Å²) in [6.45, 7) is 1.29. The van der Waals surface area contributed by atoms with E-state index >= 15 is 0 Å². The molecule has 4 rings (SSSR count). The third-order valence-corrected chi connectivity index (χ3v) is 7.61. The van der Waals surface area contributed by atoms with Gasteiger partial charge in [0.1, 0.15) is 42.0 Å². The topological polar surface area (TPSA) is 192 Å². The van der Waals surface area contributed by atoms with Crippen LogP contribution in [-0.4, -0.2) is 68.5 Å². The monoisotopic (exact) mass is 531 g/mol. The summed E-state index contributed by atoms with van der Waals surface area (Å²) in [6.07, 6.45) is -3.97. The van der Waals surface area contributed by atoms with Crippen LogP contribution in [0.1, 0.15) is 19.0 Å². The molecule has 3 heterocycles. The number of aliphatic hydroxyl groups excluding tert-OH is 2. The number of rotatable bonds is 10. The Hall–Kier alpha value is -3.53. The average molecular weight is 531 g/mol. The fourth-order valence-electron chi connectivity index (χ4n) is 3.98. The maximum Gasteiger partial charge on any atom is 0.379 e. The van der Waals surface area contributed by atoms with Gasteiger partial charge in [-0.05, 0) is 31.2 Å². The van der Waals surface area contributed by atoms with Crippen molar-refractivity contribution in [2.24, 2.45) is 0 Å². The number of carbonyl (C=O) groups is 1. The minimum atomic E-state index is -3.97. The number of ether oxygens (including phenoxy) is 2. The molecule has 37 heavy (non-hydrogen) atoms. The first-order valence-electron chi connectivity index (χ1n) is 11.4. The fourth-order valence-corrected chi connectivity index (χ4v) is 5.52. The number of aromatic nitrogens is 3. The van der Waals surface area contributed by atoms with Gasteiger partial charge in [0.2, 0.25) is 5.60 Å². The first-order chi connectivity index (χ1) is 17.7. The molecule has 0 aliphatic carbocycles. The third kappa shape index (κ3) is 5.29. The number of fused-ring (bicyclic) bond motifs is 1. The Morgan fingerprint density at radius 2 is 2.05 bits per heavy atom. The highest BCUT2D eigenvalue weighted by molar-refractivity contribution is 7.54.